The molecule has 0 radical (unpaired) electrons. The Bertz CT molecular complexity index is 709. The summed E-state index contributed by atoms with van der Waals surface area (Å²) < 4.78 is 39.7. The molecule has 1 aromatic carbocycles. The zero-order valence-corrected chi connectivity index (χ0v) is 19.5. The molecule has 180 valence electrons. The average Bonchev–Trinajstić information content (AvgIpc) is 2.77. The third kappa shape index (κ3) is 8.62. The number of hydrogen-bond donors (Lipinski definition) is 1. The summed E-state index contributed by atoms with van der Waals surface area (Å²) in [4.78, 5) is 11.5. The van der Waals surface area contributed by atoms with E-state index in [0.29, 0.717) is 30.8 Å². The maximum Gasteiger partial charge on any atom is 0.383 e. The van der Waals surface area contributed by atoms with E-state index in [-0.39, 0.29) is 24.7 Å². The van der Waals surface area contributed by atoms with Crippen LogP contribution in [0.3, 0.4) is 0 Å². The summed E-state index contributed by atoms with van der Waals surface area (Å²) in [5.41, 5.74) is 1.30. The Balaban J connectivity index is 1.78. The molecule has 0 spiro atoms. The van der Waals surface area contributed by atoms with Crippen molar-refractivity contribution in [1.82, 2.24) is 0 Å². The van der Waals surface area contributed by atoms with Crippen LogP contribution in [0.1, 0.15) is 76.3 Å². The van der Waals surface area contributed by atoms with Crippen molar-refractivity contribution in [2.24, 2.45) is 11.8 Å². The molecule has 0 saturated heterocycles. The van der Waals surface area contributed by atoms with E-state index in [2.05, 4.69) is 13.5 Å². The molecule has 1 unspecified atom stereocenters. The Morgan fingerprint density at radius 1 is 1.19 bits per heavy atom. The first-order chi connectivity index (χ1) is 15.2. The fraction of sp³-hybridized carbons (Fsp3) is 0.654. The molecule has 1 aliphatic carbocycles. The normalized spacial score (nSPS) is 20.0. The van der Waals surface area contributed by atoms with E-state index in [0.717, 1.165) is 44.1 Å². The van der Waals surface area contributed by atoms with Crippen molar-refractivity contribution in [2.75, 3.05) is 13.2 Å². The highest BCUT2D eigenvalue weighted by molar-refractivity contribution is 5.86. The monoisotopic (exact) mass is 452 g/mol. The SMILES string of the molecule is C=C(C)C(=O)OCC(CO)CC1CCC(OC(F)(F)c2ccc(CCCCC)cc2)CC1. The quantitative estimate of drug-likeness (QED) is 0.221. The Morgan fingerprint density at radius 2 is 1.84 bits per heavy atom. The maximum atomic E-state index is 14.7. The second-order valence-corrected chi connectivity index (χ2v) is 9.09. The van der Waals surface area contributed by atoms with Gasteiger partial charge < -0.3 is 14.6 Å². The number of alkyl halides is 2. The van der Waals surface area contributed by atoms with Crippen LogP contribution < -0.4 is 0 Å². The number of hydrogen-bond acceptors (Lipinski definition) is 4. The molecule has 0 aliphatic heterocycles. The molecule has 1 N–H and O–H groups in total. The number of benzene rings is 1. The lowest BCUT2D eigenvalue weighted by Crippen LogP contribution is -2.31. The number of unbranched alkanes of at least 4 members (excludes halogenated alkanes) is 2. The van der Waals surface area contributed by atoms with Gasteiger partial charge in [-0.1, -0.05) is 50.6 Å². The van der Waals surface area contributed by atoms with Crippen LogP contribution >= 0.6 is 0 Å². The molecule has 0 amide bonds. The summed E-state index contributed by atoms with van der Waals surface area (Å²) in [7, 11) is 0. The summed E-state index contributed by atoms with van der Waals surface area (Å²) in [5, 5.41) is 9.58. The lowest BCUT2D eigenvalue weighted by molar-refractivity contribution is -0.278. The van der Waals surface area contributed by atoms with Gasteiger partial charge in [-0.25, -0.2) is 4.79 Å². The standard InChI is InChI=1S/C26H38F2O4/c1-4-5-6-7-20-8-12-23(13-9-20)26(27,28)32-24-14-10-21(11-15-24)16-22(17-29)18-31-25(30)19(2)3/h8-9,12-13,21-22,24,29H,2,4-7,10-11,14-18H2,1,3H3. The van der Waals surface area contributed by atoms with E-state index >= 15 is 0 Å². The lowest BCUT2D eigenvalue weighted by atomic mass is 9.82. The lowest BCUT2D eigenvalue weighted by Gasteiger charge is -2.32. The molecule has 0 bridgehead atoms. The number of aryl methyl sites for hydroxylation is 1. The van der Waals surface area contributed by atoms with Crippen molar-refractivity contribution in [2.45, 2.75) is 83.8 Å². The average molecular weight is 453 g/mol. The van der Waals surface area contributed by atoms with Crippen LogP contribution in [0.2, 0.25) is 0 Å². The molecular weight excluding hydrogens is 414 g/mol. The molecule has 1 atom stereocenters. The van der Waals surface area contributed by atoms with Crippen LogP contribution in [0, 0.1) is 11.8 Å². The molecule has 32 heavy (non-hydrogen) atoms. The number of aliphatic hydroxyl groups excluding tert-OH is 1. The fourth-order valence-electron chi connectivity index (χ4n) is 4.19. The molecule has 0 aromatic heterocycles. The first-order valence-corrected chi connectivity index (χ1v) is 11.8. The Morgan fingerprint density at radius 3 is 2.41 bits per heavy atom. The molecule has 1 saturated carbocycles. The van der Waals surface area contributed by atoms with Crippen molar-refractivity contribution in [3.05, 3.63) is 47.5 Å². The predicted molar refractivity (Wildman–Crippen MR) is 121 cm³/mol. The first-order valence-electron chi connectivity index (χ1n) is 11.8. The van der Waals surface area contributed by atoms with Crippen molar-refractivity contribution < 1.29 is 28.2 Å². The Labute approximate surface area is 191 Å². The largest absolute Gasteiger partial charge is 0.462 e. The number of carbonyl (C=O) groups excluding carboxylic acids is 1. The predicted octanol–water partition coefficient (Wildman–Crippen LogP) is 6.16. The van der Waals surface area contributed by atoms with Crippen LogP contribution in [-0.4, -0.2) is 30.4 Å². The number of aliphatic hydroxyl groups is 1. The van der Waals surface area contributed by atoms with Crippen molar-refractivity contribution in [1.29, 1.82) is 0 Å². The third-order valence-electron chi connectivity index (χ3n) is 6.19. The van der Waals surface area contributed by atoms with E-state index in [1.165, 1.54) is 12.1 Å². The number of esters is 1. The highest BCUT2D eigenvalue weighted by Crippen LogP contribution is 2.37. The van der Waals surface area contributed by atoms with E-state index < -0.39 is 18.2 Å². The van der Waals surface area contributed by atoms with Crippen LogP contribution in [0.25, 0.3) is 0 Å². The maximum absolute atomic E-state index is 14.7. The second-order valence-electron chi connectivity index (χ2n) is 9.09. The van der Waals surface area contributed by atoms with Crippen LogP contribution in [-0.2, 0) is 26.8 Å². The third-order valence-corrected chi connectivity index (χ3v) is 6.19. The Kier molecular flexibility index (Phi) is 10.8. The van der Waals surface area contributed by atoms with Gasteiger partial charge in [0.1, 0.15) is 0 Å². The molecule has 1 aromatic rings. The summed E-state index contributed by atoms with van der Waals surface area (Å²) in [6, 6.07) is 6.50. The highest BCUT2D eigenvalue weighted by atomic mass is 19.3. The van der Waals surface area contributed by atoms with Gasteiger partial charge in [-0.3, -0.25) is 0 Å². The first kappa shape index (κ1) is 26.5. The number of carbonyl (C=O) groups is 1. The smallest absolute Gasteiger partial charge is 0.383 e. The van der Waals surface area contributed by atoms with E-state index in [1.807, 2.05) is 0 Å². The van der Waals surface area contributed by atoms with E-state index in [1.54, 1.807) is 19.1 Å². The van der Waals surface area contributed by atoms with Crippen LogP contribution in [0.4, 0.5) is 8.78 Å². The van der Waals surface area contributed by atoms with Crippen LogP contribution in [0.5, 0.6) is 0 Å². The van der Waals surface area contributed by atoms with Gasteiger partial charge in [0.25, 0.3) is 0 Å². The van der Waals surface area contributed by atoms with Crippen molar-refractivity contribution in [3.63, 3.8) is 0 Å². The van der Waals surface area contributed by atoms with Gasteiger partial charge in [0.15, 0.2) is 0 Å². The summed E-state index contributed by atoms with van der Waals surface area (Å²) in [6.45, 7) is 7.33. The van der Waals surface area contributed by atoms with Crippen LogP contribution in [0.15, 0.2) is 36.4 Å². The summed E-state index contributed by atoms with van der Waals surface area (Å²) >= 11 is 0. The molecule has 1 fully saturated rings. The topological polar surface area (TPSA) is 55.8 Å². The second kappa shape index (κ2) is 13.0. The number of rotatable bonds is 13. The fourth-order valence-corrected chi connectivity index (χ4v) is 4.19. The van der Waals surface area contributed by atoms with E-state index in [4.69, 9.17) is 9.47 Å². The minimum Gasteiger partial charge on any atom is -0.462 e. The molecule has 4 nitrogen and oxygen atoms in total. The van der Waals surface area contributed by atoms with Gasteiger partial charge in [0, 0.05) is 18.1 Å². The molecule has 6 heteroatoms. The van der Waals surface area contributed by atoms with Gasteiger partial charge in [-0.05, 0) is 63.4 Å². The molecular formula is C26H38F2O4. The highest BCUT2D eigenvalue weighted by Gasteiger charge is 2.37. The van der Waals surface area contributed by atoms with Gasteiger partial charge in [-0.2, -0.15) is 8.78 Å². The van der Waals surface area contributed by atoms with Gasteiger partial charge in [-0.15, -0.1) is 0 Å². The molecule has 1 aliphatic rings. The van der Waals surface area contributed by atoms with Gasteiger partial charge in [0.05, 0.1) is 18.3 Å². The van der Waals surface area contributed by atoms with Gasteiger partial charge in [0.2, 0.25) is 0 Å². The van der Waals surface area contributed by atoms with Crippen molar-refractivity contribution >= 4 is 5.97 Å². The molecule has 2 rings (SSSR count). The number of halogens is 2. The number of ether oxygens (including phenoxy) is 2. The zero-order chi connectivity index (χ0) is 23.6. The Hall–Kier alpha value is -1.79. The minimum atomic E-state index is -3.30. The minimum absolute atomic E-state index is 0.0770. The van der Waals surface area contributed by atoms with Crippen molar-refractivity contribution in [3.8, 4) is 0 Å². The zero-order valence-electron chi connectivity index (χ0n) is 19.5. The molecule has 0 heterocycles. The van der Waals surface area contributed by atoms with Gasteiger partial charge >= 0.3 is 12.1 Å². The summed E-state index contributed by atoms with van der Waals surface area (Å²) in [5.74, 6) is -0.318. The summed E-state index contributed by atoms with van der Waals surface area (Å²) in [6.07, 6.45) is 3.77. The van der Waals surface area contributed by atoms with E-state index in [9.17, 15) is 18.7 Å².